The van der Waals surface area contributed by atoms with E-state index in [0.29, 0.717) is 12.5 Å². The van der Waals surface area contributed by atoms with Gasteiger partial charge < -0.3 is 10.3 Å². The molecule has 1 aliphatic rings. The fraction of sp³-hybridized carbons (Fsp3) is 0.250. The minimum atomic E-state index is 0.475. The molecule has 0 radical (unpaired) electrons. The lowest BCUT2D eigenvalue weighted by atomic mass is 9.96. The number of aromatic amines is 1. The molecule has 26 heavy (non-hydrogen) atoms. The Balaban J connectivity index is 1.40. The molecule has 0 spiro atoms. The molecule has 3 heterocycles. The van der Waals surface area contributed by atoms with Gasteiger partial charge in [0.25, 0.3) is 0 Å². The summed E-state index contributed by atoms with van der Waals surface area (Å²) in [6.07, 6.45) is 5.82. The van der Waals surface area contributed by atoms with Gasteiger partial charge in [0.15, 0.2) is 0 Å². The van der Waals surface area contributed by atoms with Crippen LogP contribution in [0.15, 0.2) is 47.6 Å². The Morgan fingerprint density at radius 3 is 2.77 bits per heavy atom. The van der Waals surface area contributed by atoms with Crippen molar-refractivity contribution < 1.29 is 0 Å². The lowest BCUT2D eigenvalue weighted by molar-refractivity contribution is 0.764. The average Bonchev–Trinajstić information content (AvgIpc) is 3.04. The topological polar surface area (TPSA) is 66.0 Å². The molecule has 132 valence electrons. The first-order valence-electron chi connectivity index (χ1n) is 8.71. The summed E-state index contributed by atoms with van der Waals surface area (Å²) in [5, 5.41) is 12.7. The average molecular weight is 366 g/mol. The van der Waals surface area contributed by atoms with Crippen LogP contribution >= 0.6 is 11.6 Å². The van der Waals surface area contributed by atoms with E-state index >= 15 is 0 Å². The number of benzene rings is 1. The van der Waals surface area contributed by atoms with E-state index < -0.39 is 0 Å². The van der Waals surface area contributed by atoms with Gasteiger partial charge in [-0.1, -0.05) is 30.7 Å². The molecule has 0 amide bonds. The Morgan fingerprint density at radius 2 is 2.00 bits per heavy atom. The van der Waals surface area contributed by atoms with E-state index in [0.717, 1.165) is 40.8 Å². The Labute approximate surface area is 157 Å². The van der Waals surface area contributed by atoms with Crippen LogP contribution in [0.3, 0.4) is 0 Å². The van der Waals surface area contributed by atoms with E-state index in [2.05, 4.69) is 32.4 Å². The maximum absolute atomic E-state index is 5.90. The van der Waals surface area contributed by atoms with E-state index in [-0.39, 0.29) is 0 Å². The monoisotopic (exact) mass is 365 g/mol. The first-order chi connectivity index (χ1) is 12.7. The molecule has 0 saturated carbocycles. The second kappa shape index (κ2) is 7.30. The Morgan fingerprint density at radius 1 is 1.15 bits per heavy atom. The van der Waals surface area contributed by atoms with Crippen LogP contribution in [-0.4, -0.2) is 21.4 Å². The van der Waals surface area contributed by atoms with E-state index in [4.69, 9.17) is 11.6 Å². The Kier molecular flexibility index (Phi) is 4.71. The highest BCUT2D eigenvalue weighted by atomic mass is 35.5. The van der Waals surface area contributed by atoms with Gasteiger partial charge in [0.2, 0.25) is 0 Å². The summed E-state index contributed by atoms with van der Waals surface area (Å²) < 4.78 is 0. The molecule has 2 aromatic heterocycles. The summed E-state index contributed by atoms with van der Waals surface area (Å²) >= 11 is 5.90. The summed E-state index contributed by atoms with van der Waals surface area (Å²) in [5.41, 5.74) is 4.64. The van der Waals surface area contributed by atoms with Crippen LogP contribution in [0.1, 0.15) is 29.3 Å². The second-order valence-corrected chi connectivity index (χ2v) is 7.10. The fourth-order valence-corrected chi connectivity index (χ4v) is 3.22. The molecule has 1 aromatic carbocycles. The van der Waals surface area contributed by atoms with Crippen molar-refractivity contribution in [1.82, 2.24) is 15.2 Å². The van der Waals surface area contributed by atoms with E-state index in [1.807, 2.05) is 48.8 Å². The predicted octanol–water partition coefficient (Wildman–Crippen LogP) is 4.56. The number of nitrogens with one attached hydrogen (secondary N) is 2. The summed E-state index contributed by atoms with van der Waals surface area (Å²) in [7, 11) is 0. The van der Waals surface area contributed by atoms with E-state index in [1.165, 1.54) is 11.1 Å². The molecule has 0 aliphatic carbocycles. The third-order valence-corrected chi connectivity index (χ3v) is 4.77. The van der Waals surface area contributed by atoms with Crippen molar-refractivity contribution in [3.05, 3.63) is 70.0 Å². The van der Waals surface area contributed by atoms with Gasteiger partial charge in [-0.15, -0.1) is 5.10 Å². The van der Waals surface area contributed by atoms with E-state index in [9.17, 15) is 0 Å². The van der Waals surface area contributed by atoms with Crippen LogP contribution in [0.2, 0.25) is 5.02 Å². The van der Waals surface area contributed by atoms with Gasteiger partial charge in [-0.05, 0) is 47.7 Å². The number of anilines is 1. The molecule has 2 N–H and O–H groups in total. The van der Waals surface area contributed by atoms with Crippen LogP contribution in [0, 0.1) is 5.92 Å². The van der Waals surface area contributed by atoms with Crippen molar-refractivity contribution in [2.45, 2.75) is 26.3 Å². The Hall–Kier alpha value is -2.66. The largest absolute Gasteiger partial charge is 0.365 e. The molecule has 1 unspecified atom stereocenters. The van der Waals surface area contributed by atoms with Crippen molar-refractivity contribution in [3.8, 4) is 0 Å². The summed E-state index contributed by atoms with van der Waals surface area (Å²) in [6.45, 7) is 2.87. The minimum absolute atomic E-state index is 0.475. The normalized spacial score (nSPS) is 15.7. The molecule has 3 aromatic rings. The third-order valence-electron chi connectivity index (χ3n) is 4.52. The smallest absolute Gasteiger partial charge is 0.148 e. The van der Waals surface area contributed by atoms with Crippen LogP contribution in [0.25, 0.3) is 0 Å². The zero-order chi connectivity index (χ0) is 17.9. The number of hydrogen-bond donors (Lipinski definition) is 2. The van der Waals surface area contributed by atoms with E-state index in [1.54, 1.807) is 0 Å². The fourth-order valence-electron chi connectivity index (χ4n) is 3.10. The molecule has 0 bridgehead atoms. The molecule has 4 rings (SSSR count). The Bertz CT molecular complexity index is 912. The molecule has 0 fully saturated rings. The molecule has 6 heteroatoms. The van der Waals surface area contributed by atoms with Crippen molar-refractivity contribution in [3.63, 3.8) is 0 Å². The SMILES string of the molecule is CC1C=Nc2[nH]cc(Cc3ccc(NCc4ccc(Cl)cc4)nn3)c2C1. The number of hydrogen-bond acceptors (Lipinski definition) is 4. The highest BCUT2D eigenvalue weighted by Gasteiger charge is 2.17. The number of nitrogens with zero attached hydrogens (tertiary/aromatic N) is 3. The van der Waals surface area contributed by atoms with Crippen LogP contribution in [0.5, 0.6) is 0 Å². The molecular formula is C20H20ClN5. The van der Waals surface area contributed by atoms with Gasteiger partial charge in [0.05, 0.1) is 5.69 Å². The summed E-state index contributed by atoms with van der Waals surface area (Å²) in [6, 6.07) is 11.8. The zero-order valence-corrected chi connectivity index (χ0v) is 15.3. The number of aliphatic imine (C=N–C) groups is 1. The van der Waals surface area contributed by atoms with Gasteiger partial charge >= 0.3 is 0 Å². The highest BCUT2D eigenvalue weighted by molar-refractivity contribution is 6.30. The quantitative estimate of drug-likeness (QED) is 0.696. The van der Waals surface area contributed by atoms with Crippen LogP contribution in [-0.2, 0) is 19.4 Å². The molecule has 1 atom stereocenters. The standard InChI is InChI=1S/C20H20ClN5/c1-13-8-18-15(12-24-20(18)23-10-13)9-17-6-7-19(26-25-17)22-11-14-2-4-16(21)5-3-14/h2-7,10,12-13,24H,8-9,11H2,1H3,(H,22,26). The minimum Gasteiger partial charge on any atom is -0.365 e. The number of aromatic nitrogens is 3. The number of H-pyrrole nitrogens is 1. The molecule has 1 aliphatic heterocycles. The first-order valence-corrected chi connectivity index (χ1v) is 9.09. The number of fused-ring (bicyclic) bond motifs is 1. The third kappa shape index (κ3) is 3.78. The number of halogens is 1. The molecule has 0 saturated heterocycles. The van der Waals surface area contributed by atoms with Crippen molar-refractivity contribution in [2.75, 3.05) is 5.32 Å². The van der Waals surface area contributed by atoms with Crippen molar-refractivity contribution in [2.24, 2.45) is 10.9 Å². The first kappa shape index (κ1) is 16.8. The maximum atomic E-state index is 5.90. The van der Waals surface area contributed by atoms with Crippen LogP contribution in [0.4, 0.5) is 11.6 Å². The van der Waals surface area contributed by atoms with Gasteiger partial charge in [0.1, 0.15) is 11.6 Å². The van der Waals surface area contributed by atoms with Gasteiger partial charge in [0, 0.05) is 36.0 Å². The van der Waals surface area contributed by atoms with Crippen LogP contribution < -0.4 is 5.32 Å². The zero-order valence-electron chi connectivity index (χ0n) is 14.5. The van der Waals surface area contributed by atoms with Gasteiger partial charge in [-0.25, -0.2) is 4.99 Å². The summed E-state index contributed by atoms with van der Waals surface area (Å²) in [5.74, 6) is 2.22. The van der Waals surface area contributed by atoms with Gasteiger partial charge in [-0.2, -0.15) is 5.10 Å². The van der Waals surface area contributed by atoms with Crippen molar-refractivity contribution >= 4 is 29.5 Å². The molecular weight excluding hydrogens is 346 g/mol. The highest BCUT2D eigenvalue weighted by Crippen LogP contribution is 2.29. The predicted molar refractivity (Wildman–Crippen MR) is 105 cm³/mol. The number of rotatable bonds is 5. The summed E-state index contributed by atoms with van der Waals surface area (Å²) in [4.78, 5) is 7.73. The lowest BCUT2D eigenvalue weighted by Gasteiger charge is -2.12. The van der Waals surface area contributed by atoms with Crippen molar-refractivity contribution in [1.29, 1.82) is 0 Å². The second-order valence-electron chi connectivity index (χ2n) is 6.67. The maximum Gasteiger partial charge on any atom is 0.148 e. The molecule has 5 nitrogen and oxygen atoms in total. The lowest BCUT2D eigenvalue weighted by Crippen LogP contribution is -2.07. The van der Waals surface area contributed by atoms with Gasteiger partial charge in [-0.3, -0.25) is 0 Å².